The molecule has 1 aromatic rings. The smallest absolute Gasteiger partial charge is 0.220 e. The molecular weight excluding hydrogens is 334 g/mol. The molecule has 2 aliphatic rings. The first-order valence-electron chi connectivity index (χ1n) is 9.71. The normalized spacial score (nSPS) is 28.7. The van der Waals surface area contributed by atoms with Crippen molar-refractivity contribution in [2.24, 2.45) is 5.92 Å². The molecule has 1 saturated carbocycles. The predicted octanol–water partition coefficient (Wildman–Crippen LogP) is 5.08. The summed E-state index contributed by atoms with van der Waals surface area (Å²) in [6.07, 6.45) is 7.81. The number of rotatable bonds is 5. The van der Waals surface area contributed by atoms with Crippen LogP contribution in [-0.2, 0) is 9.53 Å². The summed E-state index contributed by atoms with van der Waals surface area (Å²) in [5.74, 6) is 0.889. The Kier molecular flexibility index (Phi) is 6.40. The molecule has 3 unspecified atom stereocenters. The highest BCUT2D eigenvalue weighted by atomic mass is 35.5. The summed E-state index contributed by atoms with van der Waals surface area (Å²) in [5, 5.41) is 4.00. The van der Waals surface area contributed by atoms with Crippen molar-refractivity contribution in [3.05, 3.63) is 34.9 Å². The molecule has 0 spiro atoms. The number of carbonyl (C=O) groups excluding carboxylic acids is 1. The summed E-state index contributed by atoms with van der Waals surface area (Å²) in [6, 6.07) is 8.42. The largest absolute Gasteiger partial charge is 0.376 e. The number of nitrogens with one attached hydrogen (secondary N) is 1. The van der Waals surface area contributed by atoms with E-state index in [-0.39, 0.29) is 24.0 Å². The summed E-state index contributed by atoms with van der Waals surface area (Å²) >= 11 is 6.07. The third-order valence-electron chi connectivity index (χ3n) is 5.73. The Morgan fingerprint density at radius 3 is 2.36 bits per heavy atom. The second-order valence-corrected chi connectivity index (χ2v) is 8.34. The van der Waals surface area contributed by atoms with E-state index in [4.69, 9.17) is 16.3 Å². The Balaban J connectivity index is 1.73. The lowest BCUT2D eigenvalue weighted by atomic mass is 9.76. The van der Waals surface area contributed by atoms with Crippen LogP contribution < -0.4 is 5.32 Å². The van der Waals surface area contributed by atoms with Gasteiger partial charge in [0.25, 0.3) is 0 Å². The molecule has 1 amide bonds. The minimum Gasteiger partial charge on any atom is -0.376 e. The number of benzene rings is 1. The number of carbonyl (C=O) groups is 1. The van der Waals surface area contributed by atoms with Crippen LogP contribution in [0.25, 0.3) is 0 Å². The molecule has 1 aliphatic carbocycles. The number of hydrogen-bond donors (Lipinski definition) is 1. The van der Waals surface area contributed by atoms with Crippen LogP contribution in [-0.4, -0.2) is 24.2 Å². The van der Waals surface area contributed by atoms with Crippen LogP contribution in [0.4, 0.5) is 0 Å². The number of amides is 1. The Bertz CT molecular complexity index is 558. The quantitative estimate of drug-likeness (QED) is 0.792. The molecule has 1 saturated heterocycles. The van der Waals surface area contributed by atoms with Gasteiger partial charge in [-0.1, -0.05) is 36.6 Å². The van der Waals surface area contributed by atoms with Gasteiger partial charge in [-0.2, -0.15) is 0 Å². The van der Waals surface area contributed by atoms with Gasteiger partial charge in [0, 0.05) is 17.5 Å². The molecule has 1 aliphatic heterocycles. The van der Waals surface area contributed by atoms with Crippen LogP contribution in [0.1, 0.15) is 70.3 Å². The lowest BCUT2D eigenvalue weighted by Crippen LogP contribution is -2.37. The predicted molar refractivity (Wildman–Crippen MR) is 102 cm³/mol. The standard InChI is InChI=1S/C21H30ClNO2/c1-14-11-17(12-15(2)25-14)20(16-7-9-18(22)10-8-16)13-21(24)23-19-5-3-4-6-19/h7-10,14-15,17,19-20H,3-6,11-13H2,1-2H3,(H,23,24). The zero-order chi connectivity index (χ0) is 17.8. The maximum Gasteiger partial charge on any atom is 0.220 e. The lowest BCUT2D eigenvalue weighted by molar-refractivity contribution is -0.123. The second-order valence-electron chi connectivity index (χ2n) is 7.90. The molecule has 0 aromatic heterocycles. The molecule has 1 heterocycles. The highest BCUT2D eigenvalue weighted by Crippen LogP contribution is 2.39. The fourth-order valence-corrected chi connectivity index (χ4v) is 4.73. The number of hydrogen-bond acceptors (Lipinski definition) is 2. The van der Waals surface area contributed by atoms with E-state index in [2.05, 4.69) is 31.3 Å². The van der Waals surface area contributed by atoms with Gasteiger partial charge in [-0.25, -0.2) is 0 Å². The van der Waals surface area contributed by atoms with E-state index in [1.807, 2.05) is 12.1 Å². The van der Waals surface area contributed by atoms with Crippen molar-refractivity contribution in [1.82, 2.24) is 5.32 Å². The molecule has 3 atom stereocenters. The summed E-state index contributed by atoms with van der Waals surface area (Å²) in [4.78, 5) is 12.7. The molecular formula is C21H30ClNO2. The molecule has 25 heavy (non-hydrogen) atoms. The lowest BCUT2D eigenvalue weighted by Gasteiger charge is -2.37. The van der Waals surface area contributed by atoms with Gasteiger partial charge in [0.1, 0.15) is 0 Å². The van der Waals surface area contributed by atoms with Crippen molar-refractivity contribution >= 4 is 17.5 Å². The van der Waals surface area contributed by atoms with Crippen LogP contribution >= 0.6 is 11.6 Å². The zero-order valence-corrected chi connectivity index (χ0v) is 16.1. The molecule has 4 heteroatoms. The van der Waals surface area contributed by atoms with E-state index in [0.29, 0.717) is 18.4 Å². The van der Waals surface area contributed by atoms with Gasteiger partial charge >= 0.3 is 0 Å². The first-order valence-corrected chi connectivity index (χ1v) is 10.1. The summed E-state index contributed by atoms with van der Waals surface area (Å²) < 4.78 is 5.91. The summed E-state index contributed by atoms with van der Waals surface area (Å²) in [7, 11) is 0. The molecule has 138 valence electrons. The van der Waals surface area contributed by atoms with Crippen molar-refractivity contribution in [3.8, 4) is 0 Å². The van der Waals surface area contributed by atoms with Crippen LogP contribution in [0.2, 0.25) is 5.02 Å². The summed E-state index contributed by atoms with van der Waals surface area (Å²) in [5.41, 5.74) is 1.22. The number of ether oxygens (including phenoxy) is 1. The van der Waals surface area contributed by atoms with Gasteiger partial charge in [-0.3, -0.25) is 4.79 Å². The molecule has 1 N–H and O–H groups in total. The Morgan fingerprint density at radius 2 is 1.76 bits per heavy atom. The highest BCUT2D eigenvalue weighted by molar-refractivity contribution is 6.30. The monoisotopic (exact) mass is 363 g/mol. The molecule has 0 bridgehead atoms. The Labute approximate surface area is 156 Å². The minimum atomic E-state index is 0.193. The molecule has 1 aromatic carbocycles. The average molecular weight is 364 g/mol. The van der Waals surface area contributed by atoms with E-state index in [1.54, 1.807) is 0 Å². The first-order chi connectivity index (χ1) is 12.0. The average Bonchev–Trinajstić information content (AvgIpc) is 3.05. The van der Waals surface area contributed by atoms with E-state index < -0.39 is 0 Å². The number of halogens is 1. The van der Waals surface area contributed by atoms with Crippen molar-refractivity contribution in [3.63, 3.8) is 0 Å². The van der Waals surface area contributed by atoms with Crippen LogP contribution in [0.5, 0.6) is 0 Å². The highest BCUT2D eigenvalue weighted by Gasteiger charge is 2.33. The topological polar surface area (TPSA) is 38.3 Å². The maximum absolute atomic E-state index is 12.7. The molecule has 2 fully saturated rings. The van der Waals surface area contributed by atoms with Gasteiger partial charge in [0.2, 0.25) is 5.91 Å². The van der Waals surface area contributed by atoms with Crippen molar-refractivity contribution < 1.29 is 9.53 Å². The minimum absolute atomic E-state index is 0.193. The fourth-order valence-electron chi connectivity index (χ4n) is 4.61. The van der Waals surface area contributed by atoms with Crippen molar-refractivity contribution in [2.45, 2.75) is 83.0 Å². The van der Waals surface area contributed by atoms with E-state index in [1.165, 1.54) is 18.4 Å². The SMILES string of the molecule is CC1CC(C(CC(=O)NC2CCCC2)c2ccc(Cl)cc2)CC(C)O1. The third kappa shape index (κ3) is 5.21. The first kappa shape index (κ1) is 18.7. The van der Waals surface area contributed by atoms with E-state index >= 15 is 0 Å². The fraction of sp³-hybridized carbons (Fsp3) is 0.667. The van der Waals surface area contributed by atoms with Crippen molar-refractivity contribution in [2.75, 3.05) is 0 Å². The van der Waals surface area contributed by atoms with Crippen LogP contribution in [0.3, 0.4) is 0 Å². The van der Waals surface area contributed by atoms with Gasteiger partial charge in [0.05, 0.1) is 12.2 Å². The zero-order valence-electron chi connectivity index (χ0n) is 15.3. The van der Waals surface area contributed by atoms with Crippen LogP contribution in [0, 0.1) is 5.92 Å². The molecule has 3 nitrogen and oxygen atoms in total. The van der Waals surface area contributed by atoms with Gasteiger partial charge in [-0.15, -0.1) is 0 Å². The Morgan fingerprint density at radius 1 is 1.16 bits per heavy atom. The third-order valence-corrected chi connectivity index (χ3v) is 5.98. The van der Waals surface area contributed by atoms with Gasteiger partial charge in [0.15, 0.2) is 0 Å². The second kappa shape index (κ2) is 8.55. The Hall–Kier alpha value is -1.06. The van der Waals surface area contributed by atoms with Crippen LogP contribution in [0.15, 0.2) is 24.3 Å². The summed E-state index contributed by atoms with van der Waals surface area (Å²) in [6.45, 7) is 4.28. The van der Waals surface area contributed by atoms with Gasteiger partial charge in [-0.05, 0) is 69.1 Å². The van der Waals surface area contributed by atoms with E-state index in [9.17, 15) is 4.79 Å². The van der Waals surface area contributed by atoms with E-state index in [0.717, 1.165) is 30.7 Å². The molecule has 3 rings (SSSR count). The maximum atomic E-state index is 12.7. The van der Waals surface area contributed by atoms with Crippen molar-refractivity contribution in [1.29, 1.82) is 0 Å². The van der Waals surface area contributed by atoms with Gasteiger partial charge < -0.3 is 10.1 Å². The molecule has 0 radical (unpaired) electrons.